The fraction of sp³-hybridized carbons (Fsp3) is 0.726. The van der Waals surface area contributed by atoms with Crippen molar-refractivity contribution in [1.82, 2.24) is 47.2 Å². The standard InChI is InChI=1S/C95H163N19O19S/c1-8-9-10-11-12-13-14-15-16-17-18-19-20-34-85(124)108-75(32-23-26-42-98)93(133)111-72(31-22-25-41-97)79(118)53-67(46-60(2)3)90(130)109-73(33-28-44-106-95(102)103)80(119)54-68(58-115)91(131)110-74(39-45-134-7)84(123)55-71(62(6)116)92(132)114-78(56-86(125)126)82(121)50-64(29-21-24-40-96)88(128)113-77(48-63-35-37-70(117)38-36-63)81(120)51-65(30-27-43-105-94(100)101)89(129)112-76(47-61(4)5)83(122)52-66(87(99)127)49-69-57-104-59-107-69/h35-38,57,59-62,64-68,71-78,115-117H,8-34,39-56,58,96-98H2,1-7H3,(H2,99,127)(H,104,107)(H,108,124)(H,109,130)(H,110,131)(H,111,133)(H,112,129)(H,113,128)(H,114,132)(H,125,126)(H4,100,101,105)(H4,102,103,106)/t62-,64-,65-,66-,67-,68+,71+,72+,73-,74+,75+,76+,77+,78+/m1/s1. The molecule has 0 bridgehead atoms. The number of carboxylic acids is 1. The number of carboxylic acid groups (broad SMARTS) is 1. The molecule has 39 heteroatoms. The number of aliphatic imine (C=N–C) groups is 2. The van der Waals surface area contributed by atoms with Gasteiger partial charge in [-0.3, -0.25) is 81.9 Å². The Morgan fingerprint density at radius 1 is 0.425 bits per heavy atom. The lowest BCUT2D eigenvalue weighted by atomic mass is 9.87. The first-order valence-electron chi connectivity index (χ1n) is 48.3. The highest BCUT2D eigenvalue weighted by atomic mass is 32.2. The number of nitrogens with two attached hydrogens (primary N) is 8. The van der Waals surface area contributed by atoms with Gasteiger partial charge in [0.1, 0.15) is 11.8 Å². The van der Waals surface area contributed by atoms with E-state index in [1.807, 2.05) is 27.7 Å². The molecule has 2 aromatic rings. The van der Waals surface area contributed by atoms with Crippen molar-refractivity contribution in [2.24, 2.45) is 103 Å². The third kappa shape index (κ3) is 52.3. The van der Waals surface area contributed by atoms with E-state index in [9.17, 15) is 87.5 Å². The number of phenolic OH excluding ortho intramolecular Hbond substituents is 1. The number of phenols is 1. The van der Waals surface area contributed by atoms with Gasteiger partial charge in [-0.25, -0.2) is 4.98 Å². The minimum Gasteiger partial charge on any atom is -0.508 e. The van der Waals surface area contributed by atoms with Crippen molar-refractivity contribution in [2.45, 2.75) is 340 Å². The SMILES string of the molecule is CCCCCCCCCCCCCCCC(=O)N[C@@H](CCCCN)C(=O)N[C@@H](CCCCN)C(=O)C[C@@H](CC(C)C)C(=O)N[C@H](CCCN=C(N)N)C(=O)C[C@@H](CO)C(=O)N[C@@H](CCSC)C(=O)C[C@H](C(=O)N[C@@H](CC(=O)O)C(=O)C[C@@H](CCCCN)C(=O)N[C@@H](Cc1ccc(O)cc1)C(=O)C[C@@H](CCCN=C(N)N)C(=O)N[C@@H](CC(C)C)C(=O)C[C@@H](Cc1cnc[nH]1)C(N)=O)[C@@H](C)O. The summed E-state index contributed by atoms with van der Waals surface area (Å²) in [5.41, 5.74) is 46.9. The van der Waals surface area contributed by atoms with Gasteiger partial charge in [0, 0.05) is 94.1 Å². The molecule has 14 atom stereocenters. The number of aliphatic carboxylic acids is 1. The van der Waals surface area contributed by atoms with Gasteiger partial charge >= 0.3 is 5.97 Å². The zero-order valence-electron chi connectivity index (χ0n) is 80.5. The molecule has 0 saturated carbocycles. The first-order valence-corrected chi connectivity index (χ1v) is 49.7. The number of hydrogen-bond acceptors (Lipinski definition) is 25. The monoisotopic (exact) mass is 1910 g/mol. The molecule has 8 amide bonds. The molecule has 1 aromatic carbocycles. The van der Waals surface area contributed by atoms with Crippen LogP contribution >= 0.6 is 11.8 Å². The number of thioether (sulfide) groups is 1. The maximum absolute atomic E-state index is 15.0. The van der Waals surface area contributed by atoms with E-state index in [1.165, 1.54) is 99.9 Å². The smallest absolute Gasteiger partial charge is 0.305 e. The number of Topliss-reactive ketones (excluding diaryl/α,β-unsaturated/α-hetero) is 6. The van der Waals surface area contributed by atoms with Gasteiger partial charge in [-0.2, -0.15) is 11.8 Å². The summed E-state index contributed by atoms with van der Waals surface area (Å²) in [6.45, 7) is 10.5. The Morgan fingerprint density at radius 3 is 1.32 bits per heavy atom. The number of aromatic hydroxyl groups is 1. The molecule has 0 saturated heterocycles. The van der Waals surface area contributed by atoms with Crippen molar-refractivity contribution in [3.63, 3.8) is 0 Å². The van der Waals surface area contributed by atoms with Crippen LogP contribution < -0.4 is 83.1 Å². The number of aliphatic hydroxyl groups excluding tert-OH is 2. The molecule has 0 aliphatic rings. The number of carbonyl (C=O) groups is 15. The number of hydrogen-bond donors (Lipinski definition) is 20. The van der Waals surface area contributed by atoms with Crippen molar-refractivity contribution >= 4 is 112 Å². The number of benzene rings is 1. The van der Waals surface area contributed by atoms with Crippen LogP contribution in [0.4, 0.5) is 0 Å². The van der Waals surface area contributed by atoms with E-state index in [0.29, 0.717) is 62.9 Å². The molecule has 134 heavy (non-hydrogen) atoms. The van der Waals surface area contributed by atoms with Crippen LogP contribution in [0.25, 0.3) is 0 Å². The van der Waals surface area contributed by atoms with Crippen LogP contribution in [0.5, 0.6) is 5.75 Å². The average Bonchev–Trinajstić information content (AvgIpc) is 0.943. The summed E-state index contributed by atoms with van der Waals surface area (Å²) in [6, 6.07) is -3.77. The maximum Gasteiger partial charge on any atom is 0.305 e. The Labute approximate surface area is 795 Å². The molecule has 2 rings (SSSR count). The van der Waals surface area contributed by atoms with Gasteiger partial charge in [-0.15, -0.1) is 0 Å². The Hall–Kier alpha value is -9.83. The zero-order valence-corrected chi connectivity index (χ0v) is 81.3. The van der Waals surface area contributed by atoms with Gasteiger partial charge in [0.2, 0.25) is 47.3 Å². The number of nitrogens with zero attached hydrogens (tertiary/aromatic N) is 3. The number of nitrogens with one attached hydrogen (secondary N) is 8. The Kier molecular flexibility index (Phi) is 62.7. The number of carbonyl (C=O) groups excluding carboxylic acids is 14. The van der Waals surface area contributed by atoms with Crippen LogP contribution in [0, 0.1) is 47.3 Å². The number of aromatic nitrogens is 2. The minimum absolute atomic E-state index is 0.00355. The fourth-order valence-corrected chi connectivity index (χ4v) is 16.5. The quantitative estimate of drug-likeness (QED) is 0.0238. The van der Waals surface area contributed by atoms with Crippen molar-refractivity contribution < 1.29 is 92.3 Å². The molecule has 0 spiro atoms. The number of amides is 8. The molecule has 1 aromatic heterocycles. The minimum atomic E-state index is -1.92. The second kappa shape index (κ2) is 69.9. The fourth-order valence-electron chi connectivity index (χ4n) is 16.0. The topological polar surface area (TPSA) is 683 Å². The van der Waals surface area contributed by atoms with E-state index in [4.69, 9.17) is 45.9 Å². The number of rotatable bonds is 81. The molecule has 0 unspecified atom stereocenters. The van der Waals surface area contributed by atoms with Crippen LogP contribution in [0.3, 0.4) is 0 Å². The summed E-state index contributed by atoms with van der Waals surface area (Å²) in [5.74, 6) is -20.7. The van der Waals surface area contributed by atoms with E-state index in [-0.39, 0.29) is 164 Å². The van der Waals surface area contributed by atoms with Crippen LogP contribution in [0.15, 0.2) is 46.8 Å². The van der Waals surface area contributed by atoms with Gasteiger partial charge in [-0.05, 0) is 177 Å². The van der Waals surface area contributed by atoms with Gasteiger partial charge < -0.3 is 108 Å². The largest absolute Gasteiger partial charge is 0.508 e. The lowest BCUT2D eigenvalue weighted by Crippen LogP contribution is -2.52. The van der Waals surface area contributed by atoms with E-state index >= 15 is 4.79 Å². The maximum atomic E-state index is 15.0. The Morgan fingerprint density at radius 2 is 0.836 bits per heavy atom. The van der Waals surface area contributed by atoms with Crippen molar-refractivity contribution in [3.8, 4) is 5.75 Å². The summed E-state index contributed by atoms with van der Waals surface area (Å²) < 4.78 is 0. The number of primary amides is 1. The highest BCUT2D eigenvalue weighted by Gasteiger charge is 2.40. The predicted molar refractivity (Wildman–Crippen MR) is 517 cm³/mol. The predicted octanol–water partition coefficient (Wildman–Crippen LogP) is 4.90. The summed E-state index contributed by atoms with van der Waals surface area (Å²) >= 11 is 1.27. The Bertz CT molecular complexity index is 3920. The zero-order chi connectivity index (χ0) is 100. The van der Waals surface area contributed by atoms with Crippen molar-refractivity contribution in [3.05, 3.63) is 48.0 Å². The molecule has 28 N–H and O–H groups in total. The van der Waals surface area contributed by atoms with Crippen LogP contribution in [0.1, 0.15) is 290 Å². The third-order valence-electron chi connectivity index (χ3n) is 23.8. The average molecular weight is 1910 g/mol. The van der Waals surface area contributed by atoms with E-state index < -0.39 is 205 Å². The molecular formula is C95H163N19O19S. The van der Waals surface area contributed by atoms with Gasteiger partial charge in [0.15, 0.2) is 46.6 Å². The molecule has 758 valence electrons. The number of aliphatic hydroxyl groups is 2. The Balaban J connectivity index is 2.51. The number of unbranched alkanes of at least 4 members (excludes halogenated alkanes) is 15. The molecular weight excluding hydrogens is 1740 g/mol. The lowest BCUT2D eigenvalue weighted by molar-refractivity contribution is -0.142. The molecule has 1 heterocycles. The summed E-state index contributed by atoms with van der Waals surface area (Å²) in [5, 5.41) is 61.8. The number of guanidine groups is 2. The lowest BCUT2D eigenvalue weighted by Gasteiger charge is -2.27. The highest BCUT2D eigenvalue weighted by Crippen LogP contribution is 2.27. The van der Waals surface area contributed by atoms with Crippen LogP contribution in [0.2, 0.25) is 0 Å². The van der Waals surface area contributed by atoms with Gasteiger partial charge in [0.25, 0.3) is 0 Å². The van der Waals surface area contributed by atoms with Crippen LogP contribution in [-0.2, 0) is 84.8 Å². The molecule has 0 radical (unpaired) electrons. The summed E-state index contributed by atoms with van der Waals surface area (Å²) in [4.78, 5) is 229. The number of H-pyrrole nitrogens is 1. The van der Waals surface area contributed by atoms with Crippen molar-refractivity contribution in [1.29, 1.82) is 0 Å². The van der Waals surface area contributed by atoms with Crippen LogP contribution in [-0.4, -0.2) is 230 Å². The molecule has 38 nitrogen and oxygen atoms in total. The number of imidazole rings is 1. The molecule has 0 aliphatic carbocycles. The number of ketones is 6. The summed E-state index contributed by atoms with van der Waals surface area (Å²) in [6.07, 6.45) is 16.3. The van der Waals surface area contributed by atoms with Gasteiger partial charge in [-0.1, -0.05) is 130 Å². The van der Waals surface area contributed by atoms with E-state index in [0.717, 1.165) is 32.6 Å². The number of aromatic amines is 1. The van der Waals surface area contributed by atoms with Gasteiger partial charge in [0.05, 0.1) is 79.5 Å². The second-order valence-electron chi connectivity index (χ2n) is 36.5. The van der Waals surface area contributed by atoms with E-state index in [1.54, 1.807) is 6.26 Å². The third-order valence-corrected chi connectivity index (χ3v) is 24.4. The second-order valence-corrected chi connectivity index (χ2v) is 37.4. The van der Waals surface area contributed by atoms with Crippen molar-refractivity contribution in [2.75, 3.05) is 51.3 Å². The first kappa shape index (κ1) is 120. The molecule has 0 fully saturated rings. The highest BCUT2D eigenvalue weighted by molar-refractivity contribution is 7.98. The first-order chi connectivity index (χ1) is 63.8. The molecule has 0 aliphatic heterocycles. The summed E-state index contributed by atoms with van der Waals surface area (Å²) in [7, 11) is 0. The van der Waals surface area contributed by atoms with E-state index in [2.05, 4.69) is 64.1 Å². The normalized spacial score (nSPS) is 14.6.